The van der Waals surface area contributed by atoms with Crippen molar-refractivity contribution in [2.24, 2.45) is 0 Å². The summed E-state index contributed by atoms with van der Waals surface area (Å²) in [5.41, 5.74) is 0.467. The fourth-order valence-electron chi connectivity index (χ4n) is 4.01. The van der Waals surface area contributed by atoms with E-state index in [4.69, 9.17) is 28.4 Å². The molecule has 38 heavy (non-hydrogen) atoms. The second-order valence-electron chi connectivity index (χ2n) is 8.63. The van der Waals surface area contributed by atoms with Crippen molar-refractivity contribution < 1.29 is 48.3 Å². The van der Waals surface area contributed by atoms with Gasteiger partial charge in [0.25, 0.3) is 11.8 Å². The molecular weight excluding hydrogens is 502 g/mol. The number of ether oxygens (including phenoxy) is 6. The first kappa shape index (κ1) is 30.3. The van der Waals surface area contributed by atoms with E-state index in [-0.39, 0.29) is 24.3 Å². The summed E-state index contributed by atoms with van der Waals surface area (Å²) in [5, 5.41) is 23.4. The molecule has 0 aliphatic carbocycles. The maximum atomic E-state index is 12.8. The molecule has 2 atom stereocenters. The number of hydrogen-bond donors (Lipinski definition) is 3. The summed E-state index contributed by atoms with van der Waals surface area (Å²) in [6.45, 7) is 6.13. The number of aliphatic hydroxyl groups excluding tert-OH is 1. The number of benzene rings is 1. The van der Waals surface area contributed by atoms with Crippen LogP contribution in [-0.4, -0.2) is 137 Å². The van der Waals surface area contributed by atoms with Crippen LogP contribution >= 0.6 is 0 Å². The second-order valence-corrected chi connectivity index (χ2v) is 8.63. The lowest BCUT2D eigenvalue weighted by atomic mass is 10.1. The molecule has 13 heteroatoms. The molecule has 0 saturated carbocycles. The van der Waals surface area contributed by atoms with Crippen LogP contribution in [0.1, 0.15) is 27.1 Å². The third kappa shape index (κ3) is 8.93. The van der Waals surface area contributed by atoms with Crippen molar-refractivity contribution in [3.8, 4) is 5.75 Å². The first-order valence-electron chi connectivity index (χ1n) is 12.9. The zero-order valence-electron chi connectivity index (χ0n) is 21.8. The van der Waals surface area contributed by atoms with E-state index < -0.39 is 24.1 Å². The van der Waals surface area contributed by atoms with Gasteiger partial charge in [-0.1, -0.05) is 0 Å². The van der Waals surface area contributed by atoms with Gasteiger partial charge in [-0.25, -0.2) is 0 Å². The van der Waals surface area contributed by atoms with Gasteiger partial charge in [0, 0.05) is 13.1 Å². The standard InChI is InChI=1S/C25H39N3O10/c1-26-5-7-33-8-9-34-10-11-35-12-13-36-14-15-37-16-17-38-19-2-3-20-21(18-19)24(30)28(23(20)29)22-4-6-27(32)25(22)31/h2-3,18,22,25-26,31-32H,4-17H2,1H3. The number of hydroxylamine groups is 2. The molecule has 0 aromatic heterocycles. The number of nitrogens with zero attached hydrogens (tertiary/aromatic N) is 2. The van der Waals surface area contributed by atoms with Crippen molar-refractivity contribution in [3.63, 3.8) is 0 Å². The van der Waals surface area contributed by atoms with E-state index in [2.05, 4.69) is 5.32 Å². The summed E-state index contributed by atoms with van der Waals surface area (Å²) >= 11 is 0. The van der Waals surface area contributed by atoms with Crippen LogP contribution in [0.2, 0.25) is 0 Å². The molecule has 1 aromatic carbocycles. The molecule has 1 fully saturated rings. The smallest absolute Gasteiger partial charge is 0.262 e. The molecular formula is C25H39N3O10. The molecule has 214 valence electrons. The number of rotatable bonds is 20. The molecule has 1 aromatic rings. The van der Waals surface area contributed by atoms with Gasteiger partial charge in [-0.05, 0) is 31.7 Å². The van der Waals surface area contributed by atoms with Crippen LogP contribution in [0.25, 0.3) is 0 Å². The van der Waals surface area contributed by atoms with Crippen molar-refractivity contribution in [1.29, 1.82) is 0 Å². The zero-order valence-corrected chi connectivity index (χ0v) is 21.8. The van der Waals surface area contributed by atoms with E-state index in [9.17, 15) is 19.9 Å². The van der Waals surface area contributed by atoms with Gasteiger partial charge in [-0.15, -0.1) is 0 Å². The third-order valence-corrected chi connectivity index (χ3v) is 6.01. The highest BCUT2D eigenvalue weighted by molar-refractivity contribution is 6.21. The Balaban J connectivity index is 1.19. The van der Waals surface area contributed by atoms with Crippen molar-refractivity contribution in [2.75, 3.05) is 92.8 Å². The van der Waals surface area contributed by atoms with E-state index in [1.165, 1.54) is 12.1 Å². The molecule has 2 heterocycles. The molecule has 2 amide bonds. The Hall–Kier alpha value is -2.20. The Morgan fingerprint density at radius 3 is 1.87 bits per heavy atom. The molecule has 3 rings (SSSR count). The first-order valence-corrected chi connectivity index (χ1v) is 12.9. The average molecular weight is 542 g/mol. The quantitative estimate of drug-likeness (QED) is 0.148. The van der Waals surface area contributed by atoms with Crippen LogP contribution in [0.3, 0.4) is 0 Å². The lowest BCUT2D eigenvalue weighted by molar-refractivity contribution is -0.179. The highest BCUT2D eigenvalue weighted by atomic mass is 16.6. The Labute approximate surface area is 222 Å². The third-order valence-electron chi connectivity index (χ3n) is 6.01. The number of likely N-dealkylation sites (N-methyl/N-ethyl adjacent to an activating group) is 1. The van der Waals surface area contributed by atoms with E-state index in [1.54, 1.807) is 6.07 Å². The van der Waals surface area contributed by atoms with Crippen LogP contribution in [0, 0.1) is 0 Å². The average Bonchev–Trinajstić information content (AvgIpc) is 3.37. The molecule has 3 N–H and O–H groups in total. The normalized spacial score (nSPS) is 19.5. The first-order chi connectivity index (χ1) is 18.5. The molecule has 2 aliphatic heterocycles. The van der Waals surface area contributed by atoms with Gasteiger partial charge < -0.3 is 44.1 Å². The molecule has 0 spiro atoms. The number of carbonyl (C=O) groups is 2. The molecule has 2 aliphatic rings. The van der Waals surface area contributed by atoms with Crippen molar-refractivity contribution in [3.05, 3.63) is 29.3 Å². The minimum atomic E-state index is -1.30. The van der Waals surface area contributed by atoms with Gasteiger partial charge in [0.05, 0.1) is 83.2 Å². The minimum absolute atomic E-state index is 0.177. The second kappa shape index (κ2) is 16.7. The monoisotopic (exact) mass is 541 g/mol. The number of fused-ring (bicyclic) bond motifs is 1. The Kier molecular flexibility index (Phi) is 13.3. The SMILES string of the molecule is CNCCOCCOCCOCCOCCOCCOc1ccc2c(c1)C(=O)N(C1CCN(O)C1O)C2=O. The summed E-state index contributed by atoms with van der Waals surface area (Å²) in [6.07, 6.45) is -1.01. The van der Waals surface area contributed by atoms with Gasteiger partial charge in [0.2, 0.25) is 0 Å². The van der Waals surface area contributed by atoms with Gasteiger partial charge in [0.15, 0.2) is 0 Å². The fraction of sp³-hybridized carbons (Fsp3) is 0.680. The highest BCUT2D eigenvalue weighted by Gasteiger charge is 2.46. The predicted molar refractivity (Wildman–Crippen MR) is 133 cm³/mol. The van der Waals surface area contributed by atoms with Crippen molar-refractivity contribution in [1.82, 2.24) is 15.3 Å². The number of amides is 2. The summed E-state index contributed by atoms with van der Waals surface area (Å²) in [6, 6.07) is 3.87. The summed E-state index contributed by atoms with van der Waals surface area (Å²) in [4.78, 5) is 26.5. The van der Waals surface area contributed by atoms with Crippen LogP contribution in [-0.2, 0) is 23.7 Å². The van der Waals surface area contributed by atoms with E-state index in [0.717, 1.165) is 16.5 Å². The van der Waals surface area contributed by atoms with E-state index in [1.807, 2.05) is 7.05 Å². The number of carbonyl (C=O) groups excluding carboxylic acids is 2. The van der Waals surface area contributed by atoms with Crippen molar-refractivity contribution >= 4 is 11.8 Å². The van der Waals surface area contributed by atoms with E-state index >= 15 is 0 Å². The number of aliphatic hydroxyl groups is 1. The maximum Gasteiger partial charge on any atom is 0.262 e. The van der Waals surface area contributed by atoms with Gasteiger partial charge in [0.1, 0.15) is 18.6 Å². The summed E-state index contributed by atoms with van der Waals surface area (Å²) in [5.74, 6) is -0.561. The molecule has 13 nitrogen and oxygen atoms in total. The largest absolute Gasteiger partial charge is 0.491 e. The minimum Gasteiger partial charge on any atom is -0.491 e. The lowest BCUT2D eigenvalue weighted by Gasteiger charge is -2.25. The number of hydrogen-bond acceptors (Lipinski definition) is 12. The van der Waals surface area contributed by atoms with Crippen molar-refractivity contribution in [2.45, 2.75) is 18.7 Å². The van der Waals surface area contributed by atoms with Crippen LogP contribution in [0.15, 0.2) is 18.2 Å². The van der Waals surface area contributed by atoms with Crippen LogP contribution in [0.5, 0.6) is 5.75 Å². The van der Waals surface area contributed by atoms with Crippen LogP contribution < -0.4 is 10.1 Å². The van der Waals surface area contributed by atoms with Crippen LogP contribution in [0.4, 0.5) is 0 Å². The Bertz CT molecular complexity index is 874. The Morgan fingerprint density at radius 1 is 0.816 bits per heavy atom. The summed E-state index contributed by atoms with van der Waals surface area (Å²) < 4.78 is 32.8. The summed E-state index contributed by atoms with van der Waals surface area (Å²) in [7, 11) is 1.88. The maximum absolute atomic E-state index is 12.8. The fourth-order valence-corrected chi connectivity index (χ4v) is 4.01. The number of imide groups is 1. The highest BCUT2D eigenvalue weighted by Crippen LogP contribution is 2.32. The lowest BCUT2D eigenvalue weighted by Crippen LogP contribution is -2.47. The zero-order chi connectivity index (χ0) is 27.2. The molecule has 0 bridgehead atoms. The molecule has 2 unspecified atom stereocenters. The molecule has 1 saturated heterocycles. The topological polar surface area (TPSA) is 148 Å². The molecule has 0 radical (unpaired) electrons. The predicted octanol–water partition coefficient (Wildman–Crippen LogP) is -0.254. The van der Waals surface area contributed by atoms with Gasteiger partial charge >= 0.3 is 0 Å². The Morgan fingerprint density at radius 2 is 1.34 bits per heavy atom. The van der Waals surface area contributed by atoms with E-state index in [0.29, 0.717) is 78.2 Å². The van der Waals surface area contributed by atoms with Gasteiger partial charge in [-0.2, -0.15) is 5.06 Å². The van der Waals surface area contributed by atoms with Gasteiger partial charge in [-0.3, -0.25) is 14.5 Å². The number of nitrogens with one attached hydrogen (secondary N) is 1.